The van der Waals surface area contributed by atoms with Crippen LogP contribution in [0.5, 0.6) is 0 Å². The molecule has 3 aromatic rings. The van der Waals surface area contributed by atoms with Gasteiger partial charge in [-0.15, -0.1) is 0 Å². The van der Waals surface area contributed by atoms with E-state index >= 15 is 0 Å². The third-order valence-corrected chi connectivity index (χ3v) is 2.99. The molecule has 1 amide bonds. The van der Waals surface area contributed by atoms with Crippen LogP contribution in [-0.2, 0) is 0 Å². The number of carbonyl (C=O) groups excluding carboxylic acids is 1. The lowest BCUT2D eigenvalue weighted by Gasteiger charge is -1.98. The summed E-state index contributed by atoms with van der Waals surface area (Å²) >= 11 is 0. The van der Waals surface area contributed by atoms with E-state index in [1.165, 1.54) is 12.1 Å². The number of nitrogens with zero attached hydrogens (tertiary/aromatic N) is 1. The standard InChI is InChI=1S/C14H11FN4O/c15-10-4-1-8(2-5-10)13-17-11-6-3-9(14(20)19-16)7-12(11)18-13/h1-7H,16H2,(H,17,18)(H,19,20). The largest absolute Gasteiger partial charge is 0.338 e. The highest BCUT2D eigenvalue weighted by Gasteiger charge is 2.09. The van der Waals surface area contributed by atoms with E-state index in [0.29, 0.717) is 16.9 Å². The van der Waals surface area contributed by atoms with E-state index in [9.17, 15) is 9.18 Å². The normalized spacial score (nSPS) is 10.7. The summed E-state index contributed by atoms with van der Waals surface area (Å²) in [6, 6.07) is 11.0. The average molecular weight is 270 g/mol. The number of carbonyl (C=O) groups is 1. The molecule has 6 heteroatoms. The number of rotatable bonds is 2. The van der Waals surface area contributed by atoms with Crippen molar-refractivity contribution in [1.82, 2.24) is 15.4 Å². The Morgan fingerprint density at radius 2 is 1.95 bits per heavy atom. The van der Waals surface area contributed by atoms with Crippen LogP contribution in [0, 0.1) is 5.82 Å². The fourth-order valence-electron chi connectivity index (χ4n) is 1.98. The van der Waals surface area contributed by atoms with Gasteiger partial charge in [0.1, 0.15) is 11.6 Å². The highest BCUT2D eigenvalue weighted by molar-refractivity contribution is 5.97. The molecule has 0 atom stereocenters. The lowest BCUT2D eigenvalue weighted by molar-refractivity contribution is 0.0954. The Kier molecular flexibility index (Phi) is 2.92. The molecule has 0 saturated heterocycles. The van der Waals surface area contributed by atoms with Gasteiger partial charge in [0.15, 0.2) is 0 Å². The van der Waals surface area contributed by atoms with Crippen LogP contribution in [0.25, 0.3) is 22.4 Å². The molecule has 0 unspecified atom stereocenters. The number of hydrogen-bond donors (Lipinski definition) is 3. The minimum Gasteiger partial charge on any atom is -0.338 e. The monoisotopic (exact) mass is 270 g/mol. The van der Waals surface area contributed by atoms with Gasteiger partial charge >= 0.3 is 0 Å². The minimum atomic E-state index is -0.371. The minimum absolute atomic E-state index is 0.299. The summed E-state index contributed by atoms with van der Waals surface area (Å²) in [7, 11) is 0. The number of imidazole rings is 1. The lowest BCUT2D eigenvalue weighted by Crippen LogP contribution is -2.29. The van der Waals surface area contributed by atoms with Crippen molar-refractivity contribution in [2.24, 2.45) is 5.84 Å². The van der Waals surface area contributed by atoms with Crippen LogP contribution in [0.1, 0.15) is 10.4 Å². The number of H-pyrrole nitrogens is 1. The average Bonchev–Trinajstić information content (AvgIpc) is 2.90. The van der Waals surface area contributed by atoms with Crippen LogP contribution >= 0.6 is 0 Å². The molecule has 20 heavy (non-hydrogen) atoms. The number of nitrogens with one attached hydrogen (secondary N) is 2. The van der Waals surface area contributed by atoms with Gasteiger partial charge in [-0.3, -0.25) is 10.2 Å². The molecule has 2 aromatic carbocycles. The second kappa shape index (κ2) is 4.75. The Hall–Kier alpha value is -2.73. The fourth-order valence-corrected chi connectivity index (χ4v) is 1.98. The number of benzene rings is 2. The quantitative estimate of drug-likeness (QED) is 0.378. The van der Waals surface area contributed by atoms with Crippen molar-refractivity contribution in [1.29, 1.82) is 0 Å². The molecule has 0 spiro atoms. The number of fused-ring (bicyclic) bond motifs is 1. The van der Waals surface area contributed by atoms with Gasteiger partial charge in [-0.1, -0.05) is 0 Å². The zero-order chi connectivity index (χ0) is 14.1. The molecule has 0 bridgehead atoms. The van der Waals surface area contributed by atoms with E-state index in [1.807, 2.05) is 0 Å². The summed E-state index contributed by atoms with van der Waals surface area (Å²) < 4.78 is 12.9. The summed E-state index contributed by atoms with van der Waals surface area (Å²) in [5.74, 6) is 5.04. The van der Waals surface area contributed by atoms with E-state index in [0.717, 1.165) is 11.1 Å². The second-order valence-corrected chi connectivity index (χ2v) is 4.30. The number of nitrogen functional groups attached to an aromatic ring is 1. The molecule has 100 valence electrons. The maximum absolute atomic E-state index is 12.9. The molecule has 0 aliphatic carbocycles. The third kappa shape index (κ3) is 2.12. The lowest BCUT2D eigenvalue weighted by atomic mass is 10.2. The van der Waals surface area contributed by atoms with Crippen molar-refractivity contribution in [2.75, 3.05) is 0 Å². The molecule has 1 aromatic heterocycles. The SMILES string of the molecule is NNC(=O)c1ccc2nc(-c3ccc(F)cc3)[nH]c2c1. The van der Waals surface area contributed by atoms with Crippen molar-refractivity contribution < 1.29 is 9.18 Å². The number of aromatic nitrogens is 2. The number of halogens is 1. The summed E-state index contributed by atoms with van der Waals surface area (Å²) in [6.45, 7) is 0. The van der Waals surface area contributed by atoms with Gasteiger partial charge in [0.25, 0.3) is 5.91 Å². The fraction of sp³-hybridized carbons (Fsp3) is 0. The first-order chi connectivity index (χ1) is 9.67. The molecule has 0 aliphatic rings. The van der Waals surface area contributed by atoms with Crippen LogP contribution in [0.4, 0.5) is 4.39 Å². The first kappa shape index (κ1) is 12.3. The molecule has 3 rings (SSSR count). The van der Waals surface area contributed by atoms with Crippen LogP contribution < -0.4 is 11.3 Å². The van der Waals surface area contributed by atoms with E-state index in [4.69, 9.17) is 5.84 Å². The van der Waals surface area contributed by atoms with Crippen molar-refractivity contribution in [3.05, 3.63) is 53.8 Å². The summed E-state index contributed by atoms with van der Waals surface area (Å²) in [5, 5.41) is 0. The van der Waals surface area contributed by atoms with Gasteiger partial charge in [-0.25, -0.2) is 15.2 Å². The molecule has 0 fully saturated rings. The zero-order valence-corrected chi connectivity index (χ0v) is 10.4. The van der Waals surface area contributed by atoms with Crippen molar-refractivity contribution in [3.8, 4) is 11.4 Å². The van der Waals surface area contributed by atoms with Crippen molar-refractivity contribution in [3.63, 3.8) is 0 Å². The Labute approximate surface area is 113 Å². The molecule has 1 heterocycles. The number of aromatic amines is 1. The first-order valence-corrected chi connectivity index (χ1v) is 5.94. The molecule has 0 radical (unpaired) electrons. The van der Waals surface area contributed by atoms with Crippen LogP contribution in [0.2, 0.25) is 0 Å². The molecule has 0 aliphatic heterocycles. The highest BCUT2D eigenvalue weighted by atomic mass is 19.1. The number of nitrogens with two attached hydrogens (primary N) is 1. The zero-order valence-electron chi connectivity index (χ0n) is 10.4. The molecule has 4 N–H and O–H groups in total. The summed E-state index contributed by atoms with van der Waals surface area (Å²) in [5.41, 5.74) is 4.72. The van der Waals surface area contributed by atoms with E-state index < -0.39 is 0 Å². The Bertz CT molecular complexity index is 779. The first-order valence-electron chi connectivity index (χ1n) is 5.94. The van der Waals surface area contributed by atoms with Crippen molar-refractivity contribution in [2.45, 2.75) is 0 Å². The van der Waals surface area contributed by atoms with Gasteiger partial charge in [0, 0.05) is 11.1 Å². The molecular weight excluding hydrogens is 259 g/mol. The van der Waals surface area contributed by atoms with Gasteiger partial charge in [-0.05, 0) is 42.5 Å². The van der Waals surface area contributed by atoms with Gasteiger partial charge in [0.05, 0.1) is 11.0 Å². The van der Waals surface area contributed by atoms with Crippen LogP contribution in [0.15, 0.2) is 42.5 Å². The predicted octanol–water partition coefficient (Wildman–Crippen LogP) is 1.97. The number of amides is 1. The maximum Gasteiger partial charge on any atom is 0.265 e. The molecular formula is C14H11FN4O. The van der Waals surface area contributed by atoms with Gasteiger partial charge in [0.2, 0.25) is 0 Å². The Morgan fingerprint density at radius 3 is 2.65 bits per heavy atom. The van der Waals surface area contributed by atoms with Gasteiger partial charge in [-0.2, -0.15) is 0 Å². The predicted molar refractivity (Wildman–Crippen MR) is 73.1 cm³/mol. The van der Waals surface area contributed by atoms with Crippen LogP contribution in [-0.4, -0.2) is 15.9 Å². The van der Waals surface area contributed by atoms with E-state index in [2.05, 4.69) is 15.4 Å². The highest BCUT2D eigenvalue weighted by Crippen LogP contribution is 2.21. The smallest absolute Gasteiger partial charge is 0.265 e. The molecule has 5 nitrogen and oxygen atoms in total. The topological polar surface area (TPSA) is 83.8 Å². The Morgan fingerprint density at radius 1 is 1.20 bits per heavy atom. The Balaban J connectivity index is 2.06. The van der Waals surface area contributed by atoms with Crippen molar-refractivity contribution >= 4 is 16.9 Å². The van der Waals surface area contributed by atoms with E-state index in [1.54, 1.807) is 30.3 Å². The maximum atomic E-state index is 12.9. The van der Waals surface area contributed by atoms with Gasteiger partial charge < -0.3 is 4.98 Å². The van der Waals surface area contributed by atoms with Crippen LogP contribution in [0.3, 0.4) is 0 Å². The summed E-state index contributed by atoms with van der Waals surface area (Å²) in [6.07, 6.45) is 0. The molecule has 0 saturated carbocycles. The number of hydrogen-bond acceptors (Lipinski definition) is 3. The summed E-state index contributed by atoms with van der Waals surface area (Å²) in [4.78, 5) is 19.0. The third-order valence-electron chi connectivity index (χ3n) is 2.99. The second-order valence-electron chi connectivity index (χ2n) is 4.30. The van der Waals surface area contributed by atoms with E-state index in [-0.39, 0.29) is 11.7 Å². The number of hydrazine groups is 1.